The first-order chi connectivity index (χ1) is 11.8. The van der Waals surface area contributed by atoms with Crippen LogP contribution in [0.5, 0.6) is 0 Å². The van der Waals surface area contributed by atoms with Crippen LogP contribution in [0.25, 0.3) is 0 Å². The Bertz CT molecular complexity index is 756. The van der Waals surface area contributed by atoms with Gasteiger partial charge >= 0.3 is 0 Å². The number of aromatic nitrogens is 7. The van der Waals surface area contributed by atoms with E-state index in [1.165, 1.54) is 0 Å². The molecule has 4 heterocycles. The second-order valence-corrected chi connectivity index (χ2v) is 6.76. The number of hydrogen-bond donors (Lipinski definition) is 0. The molecule has 0 aliphatic carbocycles. The summed E-state index contributed by atoms with van der Waals surface area (Å²) < 4.78 is 4.01. The fourth-order valence-electron chi connectivity index (χ4n) is 3.27. The van der Waals surface area contributed by atoms with E-state index in [-0.39, 0.29) is 0 Å². The lowest BCUT2D eigenvalue weighted by Gasteiger charge is -2.31. The molecule has 24 heavy (non-hydrogen) atoms. The monoisotopic (exact) mass is 344 g/mol. The fourth-order valence-corrected chi connectivity index (χ4v) is 3.97. The van der Waals surface area contributed by atoms with Crippen molar-refractivity contribution in [3.05, 3.63) is 35.9 Å². The molecule has 0 spiro atoms. The summed E-state index contributed by atoms with van der Waals surface area (Å²) in [5.41, 5.74) is 0. The Hall–Kier alpha value is -2.29. The van der Waals surface area contributed by atoms with Crippen LogP contribution in [-0.2, 0) is 13.1 Å². The number of nitrogens with zero attached hydrogens (tertiary/aromatic N) is 8. The van der Waals surface area contributed by atoms with Crippen LogP contribution in [0.3, 0.4) is 0 Å². The SMILES string of the molecule is CCn1c(Cn2cncn2)nnc1C1CCN(c2nccs2)CC1. The van der Waals surface area contributed by atoms with Crippen molar-refractivity contribution in [3.8, 4) is 0 Å². The number of hydrogen-bond acceptors (Lipinski definition) is 7. The molecule has 9 heteroatoms. The summed E-state index contributed by atoms with van der Waals surface area (Å²) in [6.07, 6.45) is 7.29. The van der Waals surface area contributed by atoms with Gasteiger partial charge in [-0.05, 0) is 19.8 Å². The highest BCUT2D eigenvalue weighted by molar-refractivity contribution is 7.13. The lowest BCUT2D eigenvalue weighted by molar-refractivity contribution is 0.462. The van der Waals surface area contributed by atoms with Crippen LogP contribution in [0, 0.1) is 0 Å². The van der Waals surface area contributed by atoms with Gasteiger partial charge in [0, 0.05) is 37.1 Å². The summed E-state index contributed by atoms with van der Waals surface area (Å²) >= 11 is 1.71. The second kappa shape index (κ2) is 6.68. The molecule has 1 aliphatic rings. The zero-order chi connectivity index (χ0) is 16.4. The van der Waals surface area contributed by atoms with Crippen molar-refractivity contribution in [1.29, 1.82) is 0 Å². The van der Waals surface area contributed by atoms with E-state index in [1.807, 2.05) is 11.6 Å². The third kappa shape index (κ3) is 2.91. The van der Waals surface area contributed by atoms with Crippen molar-refractivity contribution >= 4 is 16.5 Å². The second-order valence-electron chi connectivity index (χ2n) is 5.89. The largest absolute Gasteiger partial charge is 0.348 e. The molecular weight excluding hydrogens is 324 g/mol. The molecule has 4 rings (SSSR count). The molecule has 8 nitrogen and oxygen atoms in total. The zero-order valence-electron chi connectivity index (χ0n) is 13.6. The summed E-state index contributed by atoms with van der Waals surface area (Å²) in [7, 11) is 0. The standard InChI is InChI=1S/C15H20N8S/c1-2-23-13(9-22-11-16-10-18-22)19-20-14(23)12-3-6-21(7-4-12)15-17-5-8-24-15/h5,8,10-12H,2-4,6-7,9H2,1H3. The average Bonchev–Trinajstić information content (AvgIpc) is 3.37. The summed E-state index contributed by atoms with van der Waals surface area (Å²) in [4.78, 5) is 10.8. The van der Waals surface area contributed by atoms with Crippen LogP contribution >= 0.6 is 11.3 Å². The Morgan fingerprint density at radius 1 is 1.25 bits per heavy atom. The highest BCUT2D eigenvalue weighted by Crippen LogP contribution is 2.30. The van der Waals surface area contributed by atoms with Crippen LogP contribution in [-0.4, -0.2) is 47.6 Å². The molecule has 0 atom stereocenters. The van der Waals surface area contributed by atoms with Crippen molar-refractivity contribution in [2.45, 2.75) is 38.8 Å². The minimum atomic E-state index is 0.457. The predicted octanol–water partition coefficient (Wildman–Crippen LogP) is 1.78. The van der Waals surface area contributed by atoms with Crippen molar-refractivity contribution in [3.63, 3.8) is 0 Å². The van der Waals surface area contributed by atoms with Gasteiger partial charge in [0.1, 0.15) is 25.0 Å². The first-order valence-corrected chi connectivity index (χ1v) is 9.12. The molecule has 1 fully saturated rings. The summed E-state index contributed by atoms with van der Waals surface area (Å²) in [5, 5.41) is 16.2. The molecule has 3 aromatic rings. The molecular formula is C15H20N8S. The molecule has 0 N–H and O–H groups in total. The lowest BCUT2D eigenvalue weighted by Crippen LogP contribution is -2.33. The third-order valence-corrected chi connectivity index (χ3v) is 5.32. The van der Waals surface area contributed by atoms with Crippen molar-refractivity contribution < 1.29 is 0 Å². The van der Waals surface area contributed by atoms with Gasteiger partial charge in [-0.3, -0.25) is 0 Å². The third-order valence-electron chi connectivity index (χ3n) is 4.49. The average molecular weight is 344 g/mol. The van der Waals surface area contributed by atoms with Gasteiger partial charge in [0.2, 0.25) is 0 Å². The van der Waals surface area contributed by atoms with E-state index in [9.17, 15) is 0 Å². The number of rotatable bonds is 5. The van der Waals surface area contributed by atoms with Crippen LogP contribution in [0.1, 0.15) is 37.3 Å². The van der Waals surface area contributed by atoms with Crippen LogP contribution in [0.4, 0.5) is 5.13 Å². The number of piperidine rings is 1. The van der Waals surface area contributed by atoms with Crippen LogP contribution in [0.15, 0.2) is 24.2 Å². The van der Waals surface area contributed by atoms with Gasteiger partial charge in [0.15, 0.2) is 11.0 Å². The topological polar surface area (TPSA) is 77.5 Å². The Balaban J connectivity index is 1.47. The quantitative estimate of drug-likeness (QED) is 0.702. The fraction of sp³-hybridized carbons (Fsp3) is 0.533. The van der Waals surface area contributed by atoms with Crippen molar-refractivity contribution in [1.82, 2.24) is 34.5 Å². The van der Waals surface area contributed by atoms with E-state index in [1.54, 1.807) is 28.7 Å². The van der Waals surface area contributed by atoms with Crippen molar-refractivity contribution in [2.75, 3.05) is 18.0 Å². The Morgan fingerprint density at radius 3 is 2.79 bits per heavy atom. The minimum Gasteiger partial charge on any atom is -0.348 e. The van der Waals surface area contributed by atoms with Gasteiger partial charge in [-0.25, -0.2) is 14.6 Å². The van der Waals surface area contributed by atoms with Crippen molar-refractivity contribution in [2.24, 2.45) is 0 Å². The maximum absolute atomic E-state index is 4.50. The smallest absolute Gasteiger partial charge is 0.185 e. The first-order valence-electron chi connectivity index (χ1n) is 8.24. The van der Waals surface area contributed by atoms with Gasteiger partial charge in [-0.2, -0.15) is 5.10 Å². The molecule has 0 amide bonds. The van der Waals surface area contributed by atoms with E-state index >= 15 is 0 Å². The highest BCUT2D eigenvalue weighted by Gasteiger charge is 2.26. The van der Waals surface area contributed by atoms with E-state index in [2.05, 4.69) is 41.7 Å². The normalized spacial score (nSPS) is 16.0. The molecule has 0 radical (unpaired) electrons. The molecule has 0 aromatic carbocycles. The van der Waals surface area contributed by atoms with Gasteiger partial charge in [0.25, 0.3) is 0 Å². The van der Waals surface area contributed by atoms with Gasteiger partial charge in [0.05, 0.1) is 0 Å². The Kier molecular flexibility index (Phi) is 4.24. The minimum absolute atomic E-state index is 0.457. The van der Waals surface area contributed by atoms with E-state index < -0.39 is 0 Å². The molecule has 1 aliphatic heterocycles. The maximum Gasteiger partial charge on any atom is 0.185 e. The summed E-state index contributed by atoms with van der Waals surface area (Å²) in [5.74, 6) is 2.50. The molecule has 1 saturated heterocycles. The lowest BCUT2D eigenvalue weighted by atomic mass is 9.96. The number of anilines is 1. The van der Waals surface area contributed by atoms with Gasteiger partial charge in [-0.15, -0.1) is 21.5 Å². The Morgan fingerprint density at radius 2 is 2.12 bits per heavy atom. The summed E-state index contributed by atoms with van der Waals surface area (Å²) in [6, 6.07) is 0. The molecule has 0 bridgehead atoms. The van der Waals surface area contributed by atoms with E-state index in [0.29, 0.717) is 12.5 Å². The van der Waals surface area contributed by atoms with Crippen LogP contribution in [0.2, 0.25) is 0 Å². The molecule has 0 unspecified atom stereocenters. The van der Waals surface area contributed by atoms with Gasteiger partial charge < -0.3 is 9.47 Å². The Labute approximate surface area is 144 Å². The molecule has 0 saturated carbocycles. The van der Waals surface area contributed by atoms with Crippen LogP contribution < -0.4 is 4.90 Å². The highest BCUT2D eigenvalue weighted by atomic mass is 32.1. The number of thiazole rings is 1. The first kappa shape index (κ1) is 15.3. The predicted molar refractivity (Wildman–Crippen MR) is 91.1 cm³/mol. The molecule has 126 valence electrons. The van der Waals surface area contributed by atoms with E-state index in [0.717, 1.165) is 49.3 Å². The zero-order valence-corrected chi connectivity index (χ0v) is 14.4. The van der Waals surface area contributed by atoms with Gasteiger partial charge in [-0.1, -0.05) is 0 Å². The molecule has 3 aromatic heterocycles. The maximum atomic E-state index is 4.50. The van der Waals surface area contributed by atoms with E-state index in [4.69, 9.17) is 0 Å². The summed E-state index contributed by atoms with van der Waals surface area (Å²) in [6.45, 7) is 5.67.